The molecule has 2 N–H and O–H groups in total. The molecular weight excluding hydrogens is 352 g/mol. The summed E-state index contributed by atoms with van der Waals surface area (Å²) in [6.07, 6.45) is 1.64. The maximum Gasteiger partial charge on any atom is 0.265 e. The highest BCUT2D eigenvalue weighted by Crippen LogP contribution is 2.34. The summed E-state index contributed by atoms with van der Waals surface area (Å²) in [6, 6.07) is 12.3. The van der Waals surface area contributed by atoms with Crippen molar-refractivity contribution in [2.45, 2.75) is 17.7 Å². The second-order valence-electron chi connectivity index (χ2n) is 5.00. The summed E-state index contributed by atoms with van der Waals surface area (Å²) in [5.41, 5.74) is 8.17. The van der Waals surface area contributed by atoms with Gasteiger partial charge in [0.2, 0.25) is 0 Å². The summed E-state index contributed by atoms with van der Waals surface area (Å²) in [5.74, 6) is 0. The molecule has 1 aliphatic heterocycles. The van der Waals surface area contributed by atoms with Crippen molar-refractivity contribution in [1.29, 1.82) is 0 Å². The molecule has 0 atom stereocenters. The van der Waals surface area contributed by atoms with Crippen LogP contribution in [0.15, 0.2) is 51.8 Å². The lowest BCUT2D eigenvalue weighted by molar-refractivity contribution is 0.586. The summed E-state index contributed by atoms with van der Waals surface area (Å²) in [7, 11) is -3.57. The van der Waals surface area contributed by atoms with E-state index in [1.54, 1.807) is 36.4 Å². The number of sulfonamides is 1. The molecule has 6 heteroatoms. The van der Waals surface area contributed by atoms with Crippen molar-refractivity contribution < 1.29 is 8.42 Å². The van der Waals surface area contributed by atoms with Gasteiger partial charge in [-0.2, -0.15) is 0 Å². The highest BCUT2D eigenvalue weighted by Gasteiger charge is 2.30. The van der Waals surface area contributed by atoms with Crippen molar-refractivity contribution in [3.8, 4) is 0 Å². The molecule has 21 heavy (non-hydrogen) atoms. The minimum atomic E-state index is -3.57. The fourth-order valence-electron chi connectivity index (χ4n) is 2.60. The second kappa shape index (κ2) is 5.35. The molecule has 2 aromatic carbocycles. The predicted octanol–water partition coefficient (Wildman–Crippen LogP) is 3.17. The summed E-state index contributed by atoms with van der Waals surface area (Å²) in [4.78, 5) is 0.287. The summed E-state index contributed by atoms with van der Waals surface area (Å²) in [5, 5.41) is 0. The lowest BCUT2D eigenvalue weighted by atomic mass is 10.0. The largest absolute Gasteiger partial charge is 0.399 e. The van der Waals surface area contributed by atoms with E-state index in [4.69, 9.17) is 5.73 Å². The van der Waals surface area contributed by atoms with Gasteiger partial charge in [-0.3, -0.25) is 4.31 Å². The van der Waals surface area contributed by atoms with Crippen molar-refractivity contribution in [3.05, 3.63) is 52.5 Å². The van der Waals surface area contributed by atoms with E-state index in [9.17, 15) is 8.42 Å². The van der Waals surface area contributed by atoms with E-state index in [1.807, 2.05) is 6.07 Å². The van der Waals surface area contributed by atoms with Crippen LogP contribution >= 0.6 is 15.9 Å². The van der Waals surface area contributed by atoms with E-state index in [0.29, 0.717) is 16.7 Å². The molecule has 0 spiro atoms. The number of fused-ring (bicyclic) bond motifs is 1. The third-order valence-corrected chi connectivity index (χ3v) is 6.41. The molecule has 0 saturated carbocycles. The Bertz CT molecular complexity index is 790. The molecule has 0 radical (unpaired) electrons. The number of anilines is 2. The van der Waals surface area contributed by atoms with Gasteiger partial charge in [-0.05, 0) is 64.7 Å². The molecule has 0 saturated heterocycles. The number of nitrogens with two attached hydrogens (primary N) is 1. The molecule has 110 valence electrons. The number of aryl methyl sites for hydroxylation is 1. The van der Waals surface area contributed by atoms with Crippen LogP contribution in [0.25, 0.3) is 0 Å². The minimum Gasteiger partial charge on any atom is -0.399 e. The zero-order valence-electron chi connectivity index (χ0n) is 11.3. The molecule has 0 aromatic heterocycles. The third kappa shape index (κ3) is 2.53. The van der Waals surface area contributed by atoms with Crippen molar-refractivity contribution in [2.75, 3.05) is 16.6 Å². The molecule has 1 aliphatic rings. The molecule has 2 aromatic rings. The first kappa shape index (κ1) is 14.4. The Morgan fingerprint density at radius 2 is 1.90 bits per heavy atom. The topological polar surface area (TPSA) is 63.4 Å². The zero-order valence-corrected chi connectivity index (χ0v) is 13.7. The van der Waals surface area contributed by atoms with Crippen LogP contribution in [0.4, 0.5) is 11.4 Å². The van der Waals surface area contributed by atoms with E-state index >= 15 is 0 Å². The van der Waals surface area contributed by atoms with Crippen LogP contribution in [0.2, 0.25) is 0 Å². The maximum atomic E-state index is 12.9. The molecule has 0 bridgehead atoms. The maximum absolute atomic E-state index is 12.9. The van der Waals surface area contributed by atoms with Gasteiger partial charge in [0.05, 0.1) is 5.69 Å². The molecule has 0 aliphatic carbocycles. The van der Waals surface area contributed by atoms with Crippen LogP contribution in [0.5, 0.6) is 0 Å². The first-order chi connectivity index (χ1) is 10.00. The average molecular weight is 367 g/mol. The van der Waals surface area contributed by atoms with Gasteiger partial charge in [0, 0.05) is 16.7 Å². The van der Waals surface area contributed by atoms with Crippen molar-refractivity contribution in [1.82, 2.24) is 0 Å². The van der Waals surface area contributed by atoms with Gasteiger partial charge >= 0.3 is 0 Å². The van der Waals surface area contributed by atoms with Gasteiger partial charge in [-0.15, -0.1) is 0 Å². The van der Waals surface area contributed by atoms with Crippen LogP contribution in [0.1, 0.15) is 12.0 Å². The number of nitrogen functional groups attached to an aromatic ring is 1. The Labute approximate surface area is 132 Å². The molecule has 1 heterocycles. The number of benzene rings is 2. The lowest BCUT2D eigenvalue weighted by Crippen LogP contribution is -2.35. The summed E-state index contributed by atoms with van der Waals surface area (Å²) >= 11 is 3.32. The molecule has 0 unspecified atom stereocenters. The molecule has 0 amide bonds. The Morgan fingerprint density at radius 3 is 2.67 bits per heavy atom. The standard InChI is InChI=1S/C15H15BrN2O2S/c16-13-5-1-2-6-15(13)21(19,20)18-9-3-4-11-10-12(17)7-8-14(11)18/h1-2,5-8,10H,3-4,9,17H2. The van der Waals surface area contributed by atoms with Gasteiger partial charge < -0.3 is 5.73 Å². The first-order valence-corrected chi connectivity index (χ1v) is 8.89. The van der Waals surface area contributed by atoms with Gasteiger partial charge in [-0.25, -0.2) is 8.42 Å². The van der Waals surface area contributed by atoms with E-state index < -0.39 is 10.0 Å². The number of hydrogen-bond acceptors (Lipinski definition) is 3. The van der Waals surface area contributed by atoms with Crippen molar-refractivity contribution >= 4 is 37.3 Å². The molecule has 0 fully saturated rings. The van der Waals surface area contributed by atoms with Crippen LogP contribution in [-0.4, -0.2) is 15.0 Å². The van der Waals surface area contributed by atoms with Crippen molar-refractivity contribution in [2.24, 2.45) is 0 Å². The van der Waals surface area contributed by atoms with E-state index in [-0.39, 0.29) is 4.90 Å². The van der Waals surface area contributed by atoms with Crippen LogP contribution < -0.4 is 10.0 Å². The molecule has 3 rings (SSSR count). The number of nitrogens with zero attached hydrogens (tertiary/aromatic N) is 1. The third-order valence-electron chi connectivity index (χ3n) is 3.58. The monoisotopic (exact) mass is 366 g/mol. The van der Waals surface area contributed by atoms with Crippen LogP contribution in [0, 0.1) is 0 Å². The Hall–Kier alpha value is -1.53. The highest BCUT2D eigenvalue weighted by molar-refractivity contribution is 9.10. The normalized spacial score (nSPS) is 14.8. The minimum absolute atomic E-state index is 0.287. The number of hydrogen-bond donors (Lipinski definition) is 1. The fourth-order valence-corrected chi connectivity index (χ4v) is 5.11. The van der Waals surface area contributed by atoms with Gasteiger partial charge in [-0.1, -0.05) is 12.1 Å². The van der Waals surface area contributed by atoms with Gasteiger partial charge in [0.15, 0.2) is 0 Å². The summed E-state index contributed by atoms with van der Waals surface area (Å²) in [6.45, 7) is 0.487. The predicted molar refractivity (Wildman–Crippen MR) is 87.8 cm³/mol. The Morgan fingerprint density at radius 1 is 1.14 bits per heavy atom. The first-order valence-electron chi connectivity index (χ1n) is 6.66. The summed E-state index contributed by atoms with van der Waals surface area (Å²) < 4.78 is 27.9. The van der Waals surface area contributed by atoms with E-state index in [2.05, 4.69) is 15.9 Å². The van der Waals surface area contributed by atoms with Gasteiger partial charge in [0.1, 0.15) is 4.90 Å². The fraction of sp³-hybridized carbons (Fsp3) is 0.200. The van der Waals surface area contributed by atoms with E-state index in [1.165, 1.54) is 4.31 Å². The zero-order chi connectivity index (χ0) is 15.0. The Balaban J connectivity index is 2.12. The van der Waals surface area contributed by atoms with Crippen LogP contribution in [-0.2, 0) is 16.4 Å². The molecular formula is C15H15BrN2O2S. The average Bonchev–Trinajstić information content (AvgIpc) is 2.46. The number of rotatable bonds is 2. The van der Waals surface area contributed by atoms with Crippen LogP contribution in [0.3, 0.4) is 0 Å². The lowest BCUT2D eigenvalue weighted by Gasteiger charge is -2.31. The second-order valence-corrected chi connectivity index (χ2v) is 7.68. The smallest absolute Gasteiger partial charge is 0.265 e. The quantitative estimate of drug-likeness (QED) is 0.830. The highest BCUT2D eigenvalue weighted by atomic mass is 79.9. The SMILES string of the molecule is Nc1ccc2c(c1)CCCN2S(=O)(=O)c1ccccc1Br. The van der Waals surface area contributed by atoms with Crippen molar-refractivity contribution in [3.63, 3.8) is 0 Å². The number of halogens is 1. The molecule has 4 nitrogen and oxygen atoms in total. The Kier molecular flexibility index (Phi) is 3.67. The van der Waals surface area contributed by atoms with E-state index in [0.717, 1.165) is 24.1 Å². The van der Waals surface area contributed by atoms with Gasteiger partial charge in [0.25, 0.3) is 10.0 Å².